The average Bonchev–Trinajstić information content (AvgIpc) is 2.15. The molecule has 14 heavy (non-hydrogen) atoms. The summed E-state index contributed by atoms with van der Waals surface area (Å²) in [4.78, 5) is 11.5. The molecule has 0 saturated carbocycles. The molecule has 1 heterocycles. The third-order valence-corrected chi connectivity index (χ3v) is 2.12. The third-order valence-electron chi connectivity index (χ3n) is 2.12. The van der Waals surface area contributed by atoms with Crippen LogP contribution in [-0.4, -0.2) is 4.57 Å². The standard InChI is InChI=1S/C10H7F2NO/c1-13-3-2-6-4-8(11)9(12)5-7(6)10(13)14/h2-5H,1H3. The van der Waals surface area contributed by atoms with E-state index in [0.29, 0.717) is 5.39 Å². The summed E-state index contributed by atoms with van der Waals surface area (Å²) >= 11 is 0. The molecule has 4 heteroatoms. The van der Waals surface area contributed by atoms with Crippen molar-refractivity contribution in [2.45, 2.75) is 0 Å². The van der Waals surface area contributed by atoms with Gasteiger partial charge in [0.05, 0.1) is 5.39 Å². The van der Waals surface area contributed by atoms with Crippen molar-refractivity contribution < 1.29 is 8.78 Å². The van der Waals surface area contributed by atoms with Crippen molar-refractivity contribution >= 4 is 10.8 Å². The molecule has 2 nitrogen and oxygen atoms in total. The second-order valence-electron chi connectivity index (χ2n) is 3.09. The monoisotopic (exact) mass is 195 g/mol. The first kappa shape index (κ1) is 8.87. The number of rotatable bonds is 0. The highest BCUT2D eigenvalue weighted by Crippen LogP contribution is 2.14. The van der Waals surface area contributed by atoms with Gasteiger partial charge in [-0.1, -0.05) is 0 Å². The van der Waals surface area contributed by atoms with Gasteiger partial charge in [-0.05, 0) is 23.6 Å². The zero-order valence-electron chi connectivity index (χ0n) is 7.42. The normalized spacial score (nSPS) is 10.8. The maximum absolute atomic E-state index is 12.8. The van der Waals surface area contributed by atoms with E-state index in [1.807, 2.05) is 0 Å². The van der Waals surface area contributed by atoms with E-state index in [-0.39, 0.29) is 10.9 Å². The zero-order chi connectivity index (χ0) is 10.3. The van der Waals surface area contributed by atoms with Gasteiger partial charge in [-0.25, -0.2) is 8.78 Å². The molecule has 1 aromatic carbocycles. The fourth-order valence-corrected chi connectivity index (χ4v) is 1.34. The first-order valence-electron chi connectivity index (χ1n) is 4.04. The summed E-state index contributed by atoms with van der Waals surface area (Å²) < 4.78 is 27.0. The second kappa shape index (κ2) is 2.90. The molecule has 72 valence electrons. The van der Waals surface area contributed by atoms with Gasteiger partial charge in [0.25, 0.3) is 5.56 Å². The summed E-state index contributed by atoms with van der Waals surface area (Å²) in [6.45, 7) is 0. The van der Waals surface area contributed by atoms with Crippen LogP contribution in [0, 0.1) is 11.6 Å². The number of fused-ring (bicyclic) bond motifs is 1. The zero-order valence-corrected chi connectivity index (χ0v) is 7.42. The molecule has 0 atom stereocenters. The van der Waals surface area contributed by atoms with Crippen molar-refractivity contribution in [1.82, 2.24) is 4.57 Å². The first-order chi connectivity index (χ1) is 6.59. The highest BCUT2D eigenvalue weighted by molar-refractivity contribution is 5.81. The van der Waals surface area contributed by atoms with Crippen LogP contribution in [0.15, 0.2) is 29.2 Å². The Labute approximate surface area is 78.4 Å². The number of aryl methyl sites for hydroxylation is 1. The van der Waals surface area contributed by atoms with Crippen molar-refractivity contribution in [2.24, 2.45) is 7.05 Å². The fourth-order valence-electron chi connectivity index (χ4n) is 1.34. The fraction of sp³-hybridized carbons (Fsp3) is 0.100. The molecule has 0 fully saturated rings. The Morgan fingerprint density at radius 2 is 1.86 bits per heavy atom. The van der Waals surface area contributed by atoms with Crippen molar-refractivity contribution in [3.63, 3.8) is 0 Å². The van der Waals surface area contributed by atoms with Crippen LogP contribution in [0.1, 0.15) is 0 Å². The summed E-state index contributed by atoms with van der Waals surface area (Å²) in [5.74, 6) is -1.94. The second-order valence-corrected chi connectivity index (χ2v) is 3.09. The quantitative estimate of drug-likeness (QED) is 0.628. The van der Waals surface area contributed by atoms with Gasteiger partial charge in [0.1, 0.15) is 0 Å². The van der Waals surface area contributed by atoms with E-state index in [4.69, 9.17) is 0 Å². The van der Waals surface area contributed by atoms with Gasteiger partial charge in [0.2, 0.25) is 0 Å². The molecule has 0 aliphatic rings. The van der Waals surface area contributed by atoms with Crippen molar-refractivity contribution in [3.05, 3.63) is 46.4 Å². The number of pyridine rings is 1. The molecule has 2 rings (SSSR count). The lowest BCUT2D eigenvalue weighted by Gasteiger charge is -2.01. The molecule has 0 radical (unpaired) electrons. The number of hydrogen-bond donors (Lipinski definition) is 0. The first-order valence-corrected chi connectivity index (χ1v) is 4.04. The predicted octanol–water partition coefficient (Wildman–Crippen LogP) is 1.82. The average molecular weight is 195 g/mol. The minimum Gasteiger partial charge on any atom is -0.318 e. The van der Waals surface area contributed by atoms with E-state index in [0.717, 1.165) is 12.1 Å². The topological polar surface area (TPSA) is 22.0 Å². The van der Waals surface area contributed by atoms with Crippen LogP contribution in [0.5, 0.6) is 0 Å². The SMILES string of the molecule is Cn1ccc2cc(F)c(F)cc2c1=O. The van der Waals surface area contributed by atoms with Crippen LogP contribution in [0.4, 0.5) is 8.78 Å². The Morgan fingerprint density at radius 1 is 1.21 bits per heavy atom. The summed E-state index contributed by atoms with van der Waals surface area (Å²) in [5, 5.41) is 0.598. The Balaban J connectivity index is 2.97. The molecular weight excluding hydrogens is 188 g/mol. The molecule has 0 aliphatic carbocycles. The highest BCUT2D eigenvalue weighted by atomic mass is 19.2. The number of aromatic nitrogens is 1. The van der Waals surface area contributed by atoms with Crippen LogP contribution in [0.2, 0.25) is 0 Å². The van der Waals surface area contributed by atoms with Gasteiger partial charge in [-0.2, -0.15) is 0 Å². The smallest absolute Gasteiger partial charge is 0.258 e. The minimum atomic E-state index is -0.999. The van der Waals surface area contributed by atoms with E-state index in [2.05, 4.69) is 0 Å². The lowest BCUT2D eigenvalue weighted by Crippen LogP contribution is -2.15. The molecule has 1 aromatic heterocycles. The van der Waals surface area contributed by atoms with E-state index in [1.165, 1.54) is 10.8 Å². The molecule has 0 saturated heterocycles. The molecule has 2 aromatic rings. The van der Waals surface area contributed by atoms with Crippen molar-refractivity contribution in [1.29, 1.82) is 0 Å². The summed E-state index contributed by atoms with van der Waals surface area (Å²) in [7, 11) is 1.56. The van der Waals surface area contributed by atoms with E-state index in [9.17, 15) is 13.6 Å². The predicted molar refractivity (Wildman–Crippen MR) is 49.1 cm³/mol. The highest BCUT2D eigenvalue weighted by Gasteiger charge is 2.06. The maximum atomic E-state index is 12.8. The van der Waals surface area contributed by atoms with Crippen LogP contribution in [-0.2, 0) is 7.05 Å². The van der Waals surface area contributed by atoms with Gasteiger partial charge in [0.15, 0.2) is 11.6 Å². The van der Waals surface area contributed by atoms with Crippen LogP contribution in [0.25, 0.3) is 10.8 Å². The summed E-state index contributed by atoms with van der Waals surface area (Å²) in [6.07, 6.45) is 1.52. The molecule has 0 amide bonds. The van der Waals surface area contributed by atoms with Gasteiger partial charge in [-0.15, -0.1) is 0 Å². The molecule has 0 N–H and O–H groups in total. The minimum absolute atomic E-state index is 0.189. The molecule has 0 aliphatic heterocycles. The summed E-state index contributed by atoms with van der Waals surface area (Å²) in [5.41, 5.74) is -0.332. The number of nitrogens with zero attached hydrogens (tertiary/aromatic N) is 1. The number of benzene rings is 1. The van der Waals surface area contributed by atoms with E-state index < -0.39 is 11.6 Å². The largest absolute Gasteiger partial charge is 0.318 e. The Kier molecular flexibility index (Phi) is 1.84. The van der Waals surface area contributed by atoms with Crippen LogP contribution in [0.3, 0.4) is 0 Å². The number of halogens is 2. The Morgan fingerprint density at radius 3 is 2.57 bits per heavy atom. The van der Waals surface area contributed by atoms with Gasteiger partial charge in [0, 0.05) is 13.2 Å². The Bertz CT molecular complexity index is 560. The summed E-state index contributed by atoms with van der Waals surface area (Å²) in [6, 6.07) is 3.51. The van der Waals surface area contributed by atoms with E-state index in [1.54, 1.807) is 13.1 Å². The molecule has 0 unspecified atom stereocenters. The Hall–Kier alpha value is -1.71. The van der Waals surface area contributed by atoms with Crippen molar-refractivity contribution in [3.8, 4) is 0 Å². The molecule has 0 spiro atoms. The molecular formula is C10H7F2NO. The van der Waals surface area contributed by atoms with Crippen LogP contribution >= 0.6 is 0 Å². The maximum Gasteiger partial charge on any atom is 0.258 e. The molecule has 0 bridgehead atoms. The van der Waals surface area contributed by atoms with E-state index >= 15 is 0 Å². The number of hydrogen-bond acceptors (Lipinski definition) is 1. The third kappa shape index (κ3) is 1.19. The van der Waals surface area contributed by atoms with Crippen LogP contribution < -0.4 is 5.56 Å². The van der Waals surface area contributed by atoms with Gasteiger partial charge >= 0.3 is 0 Å². The van der Waals surface area contributed by atoms with Gasteiger partial charge < -0.3 is 4.57 Å². The lowest BCUT2D eigenvalue weighted by atomic mass is 10.1. The van der Waals surface area contributed by atoms with Gasteiger partial charge in [-0.3, -0.25) is 4.79 Å². The lowest BCUT2D eigenvalue weighted by molar-refractivity contribution is 0.510. The van der Waals surface area contributed by atoms with Crippen molar-refractivity contribution in [2.75, 3.05) is 0 Å².